The standard InChI is InChI=1S/C32H38N4O5/c1-19(2)39-32(37)35-22-10-8-20(9-11-22)29-28(31(34)41-30(33)21-6-7-21)26-13-12-25(40-24-14-16-38-17-15-24)18-27(26)36(29)23-4-3-5-23/h8-13,18-19,21,23-24,33-34H,3-7,14-17H2,1-2H3,(H,35,37). The first kappa shape index (κ1) is 27.3. The third-order valence-corrected chi connectivity index (χ3v) is 8.02. The average Bonchev–Trinajstić information content (AvgIpc) is 3.72. The Morgan fingerprint density at radius 2 is 1.73 bits per heavy atom. The lowest BCUT2D eigenvalue weighted by atomic mass is 9.92. The van der Waals surface area contributed by atoms with Crippen molar-refractivity contribution in [3.8, 4) is 17.0 Å². The topological polar surface area (TPSA) is 119 Å². The summed E-state index contributed by atoms with van der Waals surface area (Å²) in [6.45, 7) is 5.04. The van der Waals surface area contributed by atoms with Crippen LogP contribution in [0.2, 0.25) is 0 Å². The van der Waals surface area contributed by atoms with Crippen molar-refractivity contribution in [1.82, 2.24) is 4.57 Å². The summed E-state index contributed by atoms with van der Waals surface area (Å²) in [7, 11) is 0. The van der Waals surface area contributed by atoms with Crippen molar-refractivity contribution in [2.24, 2.45) is 5.92 Å². The molecule has 1 aromatic heterocycles. The summed E-state index contributed by atoms with van der Waals surface area (Å²) in [6, 6.07) is 14.0. The molecule has 0 unspecified atom stereocenters. The van der Waals surface area contributed by atoms with Crippen LogP contribution >= 0.6 is 0 Å². The zero-order chi connectivity index (χ0) is 28.5. The number of rotatable bonds is 8. The van der Waals surface area contributed by atoms with E-state index in [1.165, 1.54) is 0 Å². The van der Waals surface area contributed by atoms with E-state index >= 15 is 0 Å². The predicted molar refractivity (Wildman–Crippen MR) is 158 cm³/mol. The molecular formula is C32H38N4O5. The molecule has 9 nitrogen and oxygen atoms in total. The first-order chi connectivity index (χ1) is 19.9. The Balaban J connectivity index is 1.42. The fourth-order valence-corrected chi connectivity index (χ4v) is 5.55. The van der Waals surface area contributed by atoms with Gasteiger partial charge in [-0.2, -0.15) is 0 Å². The van der Waals surface area contributed by atoms with E-state index in [4.69, 9.17) is 29.8 Å². The molecule has 2 heterocycles. The van der Waals surface area contributed by atoms with Crippen molar-refractivity contribution >= 4 is 34.5 Å². The first-order valence-electron chi connectivity index (χ1n) is 14.7. The van der Waals surface area contributed by atoms with Crippen LogP contribution in [0.25, 0.3) is 22.2 Å². The molecule has 3 aliphatic rings. The summed E-state index contributed by atoms with van der Waals surface area (Å²) in [5.41, 5.74) is 4.09. The molecular weight excluding hydrogens is 520 g/mol. The van der Waals surface area contributed by atoms with Gasteiger partial charge in [-0.15, -0.1) is 0 Å². The monoisotopic (exact) mass is 558 g/mol. The van der Waals surface area contributed by atoms with Gasteiger partial charge in [-0.25, -0.2) is 4.79 Å². The number of anilines is 1. The van der Waals surface area contributed by atoms with Crippen LogP contribution in [0.1, 0.15) is 70.4 Å². The van der Waals surface area contributed by atoms with Gasteiger partial charge in [0.1, 0.15) is 11.9 Å². The molecule has 1 saturated heterocycles. The number of hydrogen-bond acceptors (Lipinski definition) is 7. The van der Waals surface area contributed by atoms with Crippen molar-refractivity contribution < 1.29 is 23.7 Å². The number of nitrogens with one attached hydrogen (secondary N) is 3. The molecule has 2 saturated carbocycles. The van der Waals surface area contributed by atoms with E-state index in [0.717, 1.165) is 72.9 Å². The number of carbonyl (C=O) groups is 1. The van der Waals surface area contributed by atoms with Gasteiger partial charge in [0.15, 0.2) is 5.90 Å². The predicted octanol–water partition coefficient (Wildman–Crippen LogP) is 7.28. The zero-order valence-corrected chi connectivity index (χ0v) is 23.7. The van der Waals surface area contributed by atoms with E-state index in [0.29, 0.717) is 24.5 Å². The SMILES string of the molecule is CC(C)OC(=O)Nc1ccc(-c2c(C(=N)OC(=N)C3CC3)c3ccc(OC4CCOCC4)cc3n2C2CCC2)cc1. The number of nitrogens with zero attached hydrogens (tertiary/aromatic N) is 1. The second-order valence-electron chi connectivity index (χ2n) is 11.5. The van der Waals surface area contributed by atoms with Gasteiger partial charge < -0.3 is 23.5 Å². The molecule has 41 heavy (non-hydrogen) atoms. The second kappa shape index (κ2) is 11.6. The Kier molecular flexibility index (Phi) is 7.71. The average molecular weight is 559 g/mol. The summed E-state index contributed by atoms with van der Waals surface area (Å²) in [6.07, 6.45) is 6.26. The quantitative estimate of drug-likeness (QED) is 0.198. The molecule has 3 aromatic rings. The number of hydrogen-bond donors (Lipinski definition) is 3. The van der Waals surface area contributed by atoms with Gasteiger partial charge in [-0.05, 0) is 75.8 Å². The van der Waals surface area contributed by atoms with Crippen LogP contribution in [0.15, 0.2) is 42.5 Å². The van der Waals surface area contributed by atoms with Crippen molar-refractivity contribution in [2.45, 2.75) is 77.0 Å². The highest BCUT2D eigenvalue weighted by atomic mass is 16.6. The summed E-state index contributed by atoms with van der Waals surface area (Å²) in [4.78, 5) is 12.1. The van der Waals surface area contributed by atoms with Crippen LogP contribution in [0.4, 0.5) is 10.5 Å². The Bertz CT molecular complexity index is 1450. The third kappa shape index (κ3) is 5.95. The normalized spacial score (nSPS) is 17.7. The fraction of sp³-hybridized carbons (Fsp3) is 0.469. The summed E-state index contributed by atoms with van der Waals surface area (Å²) in [5, 5.41) is 21.1. The van der Waals surface area contributed by atoms with Gasteiger partial charge in [0.25, 0.3) is 0 Å². The third-order valence-electron chi connectivity index (χ3n) is 8.02. The molecule has 1 aliphatic heterocycles. The molecule has 6 rings (SSSR count). The van der Waals surface area contributed by atoms with E-state index in [9.17, 15) is 4.79 Å². The van der Waals surface area contributed by atoms with Crippen LogP contribution in [0.5, 0.6) is 5.75 Å². The fourth-order valence-electron chi connectivity index (χ4n) is 5.55. The van der Waals surface area contributed by atoms with Gasteiger partial charge in [0.2, 0.25) is 5.90 Å². The van der Waals surface area contributed by atoms with E-state index in [-0.39, 0.29) is 36.0 Å². The van der Waals surface area contributed by atoms with Crippen LogP contribution < -0.4 is 10.1 Å². The lowest BCUT2D eigenvalue weighted by Gasteiger charge is -2.30. The highest BCUT2D eigenvalue weighted by Crippen LogP contribution is 2.44. The molecule has 2 aliphatic carbocycles. The molecule has 216 valence electrons. The minimum absolute atomic E-state index is 0.0132. The zero-order valence-electron chi connectivity index (χ0n) is 23.7. The molecule has 0 atom stereocenters. The van der Waals surface area contributed by atoms with E-state index in [1.54, 1.807) is 0 Å². The minimum Gasteiger partial charge on any atom is -0.490 e. The Labute approximate surface area is 240 Å². The summed E-state index contributed by atoms with van der Waals surface area (Å²) in [5.74, 6) is 1.06. The summed E-state index contributed by atoms with van der Waals surface area (Å²) >= 11 is 0. The van der Waals surface area contributed by atoms with Gasteiger partial charge >= 0.3 is 6.09 Å². The van der Waals surface area contributed by atoms with Crippen molar-refractivity contribution in [3.05, 3.63) is 48.0 Å². The van der Waals surface area contributed by atoms with Gasteiger partial charge in [-0.1, -0.05) is 12.1 Å². The summed E-state index contributed by atoms with van der Waals surface area (Å²) < 4.78 is 25.3. The van der Waals surface area contributed by atoms with Crippen molar-refractivity contribution in [2.75, 3.05) is 18.5 Å². The van der Waals surface area contributed by atoms with Crippen LogP contribution in [0, 0.1) is 16.7 Å². The number of ether oxygens (including phenoxy) is 4. The Morgan fingerprint density at radius 1 is 1.00 bits per heavy atom. The maximum absolute atomic E-state index is 12.1. The van der Waals surface area contributed by atoms with Crippen LogP contribution in [0.3, 0.4) is 0 Å². The first-order valence-corrected chi connectivity index (χ1v) is 14.7. The highest BCUT2D eigenvalue weighted by Gasteiger charge is 2.33. The van der Waals surface area contributed by atoms with Gasteiger partial charge in [-0.3, -0.25) is 16.1 Å². The lowest BCUT2D eigenvalue weighted by molar-refractivity contribution is 0.0256. The van der Waals surface area contributed by atoms with E-state index < -0.39 is 6.09 Å². The molecule has 0 spiro atoms. The molecule has 9 heteroatoms. The number of benzene rings is 2. The Hall–Kier alpha value is -3.85. The van der Waals surface area contributed by atoms with Crippen molar-refractivity contribution in [1.29, 1.82) is 10.8 Å². The minimum atomic E-state index is -0.497. The number of carbonyl (C=O) groups excluding carboxylic acids is 1. The number of amides is 1. The molecule has 2 aromatic carbocycles. The molecule has 0 bridgehead atoms. The molecule has 0 radical (unpaired) electrons. The number of aromatic nitrogens is 1. The van der Waals surface area contributed by atoms with Crippen molar-refractivity contribution in [3.63, 3.8) is 0 Å². The maximum Gasteiger partial charge on any atom is 0.411 e. The van der Waals surface area contributed by atoms with Gasteiger partial charge in [0, 0.05) is 41.9 Å². The van der Waals surface area contributed by atoms with E-state index in [1.807, 2.05) is 50.2 Å². The van der Waals surface area contributed by atoms with Crippen LogP contribution in [-0.4, -0.2) is 47.9 Å². The molecule has 1 amide bonds. The lowest BCUT2D eigenvalue weighted by Crippen LogP contribution is -2.25. The highest BCUT2D eigenvalue weighted by molar-refractivity contribution is 6.14. The van der Waals surface area contributed by atoms with Gasteiger partial charge in [0.05, 0.1) is 36.1 Å². The smallest absolute Gasteiger partial charge is 0.411 e. The second-order valence-corrected chi connectivity index (χ2v) is 11.5. The number of fused-ring (bicyclic) bond motifs is 1. The largest absolute Gasteiger partial charge is 0.490 e. The maximum atomic E-state index is 12.1. The van der Waals surface area contributed by atoms with Crippen LogP contribution in [-0.2, 0) is 14.2 Å². The molecule has 3 fully saturated rings. The Morgan fingerprint density at radius 3 is 2.37 bits per heavy atom. The molecule has 3 N–H and O–H groups in total. The van der Waals surface area contributed by atoms with E-state index in [2.05, 4.69) is 16.0 Å².